The van der Waals surface area contributed by atoms with E-state index in [0.29, 0.717) is 22.0 Å². The van der Waals surface area contributed by atoms with Crippen molar-refractivity contribution >= 4 is 39.1 Å². The predicted octanol–water partition coefficient (Wildman–Crippen LogP) is 4.67. The maximum Gasteiger partial charge on any atom is 0.255 e. The molecule has 20 heavy (non-hydrogen) atoms. The van der Waals surface area contributed by atoms with Crippen molar-refractivity contribution in [3.8, 4) is 5.75 Å². The van der Waals surface area contributed by atoms with Gasteiger partial charge in [-0.25, -0.2) is 0 Å². The number of ether oxygens (including phenoxy) is 1. The third kappa shape index (κ3) is 3.32. The second kappa shape index (κ2) is 6.29. The zero-order valence-corrected chi connectivity index (χ0v) is 13.4. The molecule has 0 radical (unpaired) electrons. The summed E-state index contributed by atoms with van der Waals surface area (Å²) in [5.41, 5.74) is 2.07. The van der Waals surface area contributed by atoms with Gasteiger partial charge in [-0.3, -0.25) is 4.79 Å². The highest BCUT2D eigenvalue weighted by molar-refractivity contribution is 9.10. The van der Waals surface area contributed by atoms with Gasteiger partial charge in [-0.05, 0) is 58.7 Å². The largest absolute Gasteiger partial charge is 0.497 e. The van der Waals surface area contributed by atoms with Crippen molar-refractivity contribution in [2.75, 3.05) is 12.4 Å². The van der Waals surface area contributed by atoms with Crippen LogP contribution in [0.5, 0.6) is 5.75 Å². The molecule has 0 aliphatic carbocycles. The molecule has 0 fully saturated rings. The third-order valence-corrected chi connectivity index (χ3v) is 3.78. The maximum absolute atomic E-state index is 12.3. The van der Waals surface area contributed by atoms with Crippen LogP contribution in [0, 0.1) is 6.92 Å². The van der Waals surface area contributed by atoms with Crippen molar-refractivity contribution in [2.45, 2.75) is 6.92 Å². The summed E-state index contributed by atoms with van der Waals surface area (Å²) in [6.45, 7) is 1.85. The van der Waals surface area contributed by atoms with Crippen LogP contribution in [0.2, 0.25) is 5.02 Å². The molecule has 104 valence electrons. The number of methoxy groups -OCH3 is 1. The Morgan fingerprint density at radius 3 is 2.65 bits per heavy atom. The molecule has 0 saturated heterocycles. The van der Waals surface area contributed by atoms with Gasteiger partial charge in [-0.15, -0.1) is 0 Å². The fraction of sp³-hybridized carbons (Fsp3) is 0.133. The van der Waals surface area contributed by atoms with Gasteiger partial charge in [-0.2, -0.15) is 0 Å². The zero-order chi connectivity index (χ0) is 14.7. The van der Waals surface area contributed by atoms with Crippen molar-refractivity contribution in [1.82, 2.24) is 0 Å². The highest BCUT2D eigenvalue weighted by Crippen LogP contribution is 2.28. The van der Waals surface area contributed by atoms with Gasteiger partial charge in [0, 0.05) is 21.1 Å². The van der Waals surface area contributed by atoms with E-state index in [1.165, 1.54) is 0 Å². The molecule has 0 heterocycles. The van der Waals surface area contributed by atoms with Gasteiger partial charge in [0.25, 0.3) is 5.91 Å². The first-order valence-electron chi connectivity index (χ1n) is 5.92. The van der Waals surface area contributed by atoms with Crippen molar-refractivity contribution < 1.29 is 9.53 Å². The molecular weight excluding hydrogens is 342 g/mol. The minimum atomic E-state index is -0.187. The number of benzene rings is 2. The van der Waals surface area contributed by atoms with Gasteiger partial charge in [0.1, 0.15) is 5.75 Å². The van der Waals surface area contributed by atoms with Gasteiger partial charge < -0.3 is 10.1 Å². The van der Waals surface area contributed by atoms with Crippen LogP contribution in [0.1, 0.15) is 15.9 Å². The van der Waals surface area contributed by atoms with Gasteiger partial charge in [-0.1, -0.05) is 11.6 Å². The molecule has 0 aromatic heterocycles. The quantitative estimate of drug-likeness (QED) is 0.869. The predicted molar refractivity (Wildman–Crippen MR) is 84.8 cm³/mol. The molecule has 0 atom stereocenters. The summed E-state index contributed by atoms with van der Waals surface area (Å²) >= 11 is 9.29. The first kappa shape index (κ1) is 14.9. The smallest absolute Gasteiger partial charge is 0.255 e. The summed E-state index contributed by atoms with van der Waals surface area (Å²) in [6, 6.07) is 10.6. The van der Waals surface area contributed by atoms with E-state index >= 15 is 0 Å². The van der Waals surface area contributed by atoms with Crippen LogP contribution in [0.3, 0.4) is 0 Å². The fourth-order valence-corrected chi connectivity index (χ4v) is 2.37. The van der Waals surface area contributed by atoms with Gasteiger partial charge in [0.15, 0.2) is 0 Å². The van der Waals surface area contributed by atoms with Crippen LogP contribution in [-0.2, 0) is 0 Å². The third-order valence-electron chi connectivity index (χ3n) is 2.85. The van der Waals surface area contributed by atoms with E-state index in [-0.39, 0.29) is 5.91 Å². The maximum atomic E-state index is 12.3. The molecule has 0 aliphatic rings. The van der Waals surface area contributed by atoms with E-state index in [9.17, 15) is 4.79 Å². The Kier molecular flexibility index (Phi) is 4.68. The number of aryl methyl sites for hydroxylation is 1. The first-order valence-corrected chi connectivity index (χ1v) is 7.09. The highest BCUT2D eigenvalue weighted by Gasteiger charge is 2.11. The lowest BCUT2D eigenvalue weighted by atomic mass is 10.1. The number of hydrogen-bond acceptors (Lipinski definition) is 2. The lowest BCUT2D eigenvalue weighted by Gasteiger charge is -2.11. The standard InChI is InChI=1S/C15H13BrClNO2/c1-9-7-10(17)3-5-12(9)15(19)18-14-8-11(20-2)4-6-13(14)16/h3-8H,1-2H3,(H,18,19). The summed E-state index contributed by atoms with van der Waals surface area (Å²) < 4.78 is 5.94. The van der Waals surface area contributed by atoms with Crippen LogP contribution in [-0.4, -0.2) is 13.0 Å². The van der Waals surface area contributed by atoms with Crippen LogP contribution in [0.15, 0.2) is 40.9 Å². The van der Waals surface area contributed by atoms with E-state index in [1.54, 1.807) is 31.4 Å². The second-order valence-electron chi connectivity index (χ2n) is 4.26. The SMILES string of the molecule is COc1ccc(Br)c(NC(=O)c2ccc(Cl)cc2C)c1. The lowest BCUT2D eigenvalue weighted by molar-refractivity contribution is 0.102. The molecule has 0 aliphatic heterocycles. The molecule has 2 aromatic carbocycles. The van der Waals surface area contributed by atoms with E-state index in [0.717, 1.165) is 10.0 Å². The normalized spacial score (nSPS) is 10.2. The molecule has 2 rings (SSSR count). The van der Waals surface area contributed by atoms with Crippen LogP contribution < -0.4 is 10.1 Å². The summed E-state index contributed by atoms with van der Waals surface area (Å²) in [5, 5.41) is 3.47. The highest BCUT2D eigenvalue weighted by atomic mass is 79.9. The van der Waals surface area contributed by atoms with Gasteiger partial charge >= 0.3 is 0 Å². The van der Waals surface area contributed by atoms with Crippen molar-refractivity contribution in [3.63, 3.8) is 0 Å². The Morgan fingerprint density at radius 2 is 2.00 bits per heavy atom. The number of rotatable bonds is 3. The van der Waals surface area contributed by atoms with E-state index in [1.807, 2.05) is 19.1 Å². The molecule has 1 amide bonds. The minimum absolute atomic E-state index is 0.187. The Morgan fingerprint density at radius 1 is 1.25 bits per heavy atom. The summed E-state index contributed by atoms with van der Waals surface area (Å²) in [6.07, 6.45) is 0. The summed E-state index contributed by atoms with van der Waals surface area (Å²) in [4.78, 5) is 12.3. The molecule has 3 nitrogen and oxygen atoms in total. The number of hydrogen-bond donors (Lipinski definition) is 1. The topological polar surface area (TPSA) is 38.3 Å². The Hall–Kier alpha value is -1.52. The monoisotopic (exact) mass is 353 g/mol. The molecule has 1 N–H and O–H groups in total. The molecule has 0 spiro atoms. The van der Waals surface area contributed by atoms with E-state index in [2.05, 4.69) is 21.2 Å². The molecular formula is C15H13BrClNO2. The lowest BCUT2D eigenvalue weighted by Crippen LogP contribution is -2.13. The number of carbonyl (C=O) groups excluding carboxylic acids is 1. The first-order chi connectivity index (χ1) is 9.51. The van der Waals surface area contributed by atoms with Gasteiger partial charge in [0.05, 0.1) is 12.8 Å². The fourth-order valence-electron chi connectivity index (χ4n) is 1.80. The second-order valence-corrected chi connectivity index (χ2v) is 5.55. The number of amides is 1. The average Bonchev–Trinajstić information content (AvgIpc) is 2.41. The van der Waals surface area contributed by atoms with Crippen molar-refractivity contribution in [2.24, 2.45) is 0 Å². The van der Waals surface area contributed by atoms with Gasteiger partial charge in [0.2, 0.25) is 0 Å². The van der Waals surface area contributed by atoms with E-state index in [4.69, 9.17) is 16.3 Å². The average molecular weight is 355 g/mol. The zero-order valence-electron chi connectivity index (χ0n) is 11.0. The molecule has 0 unspecified atom stereocenters. The molecule has 0 saturated carbocycles. The van der Waals surface area contributed by atoms with Crippen LogP contribution in [0.25, 0.3) is 0 Å². The summed E-state index contributed by atoms with van der Waals surface area (Å²) in [5.74, 6) is 0.490. The van der Waals surface area contributed by atoms with Crippen molar-refractivity contribution in [1.29, 1.82) is 0 Å². The van der Waals surface area contributed by atoms with Crippen LogP contribution >= 0.6 is 27.5 Å². The number of halogens is 2. The van der Waals surface area contributed by atoms with E-state index < -0.39 is 0 Å². The number of nitrogens with one attached hydrogen (secondary N) is 1. The number of anilines is 1. The van der Waals surface area contributed by atoms with Crippen molar-refractivity contribution in [3.05, 3.63) is 57.0 Å². The Bertz CT molecular complexity index is 658. The minimum Gasteiger partial charge on any atom is -0.497 e. The Balaban J connectivity index is 2.27. The molecule has 2 aromatic rings. The summed E-state index contributed by atoms with van der Waals surface area (Å²) in [7, 11) is 1.58. The molecule has 5 heteroatoms. The number of carbonyl (C=O) groups is 1. The van der Waals surface area contributed by atoms with Crippen LogP contribution in [0.4, 0.5) is 5.69 Å². The Labute approximate surface area is 131 Å². The molecule has 0 bridgehead atoms.